The van der Waals surface area contributed by atoms with Crippen LogP contribution >= 0.6 is 0 Å². The number of aryl methyl sites for hydroxylation is 1. The fourth-order valence-electron chi connectivity index (χ4n) is 6.21. The summed E-state index contributed by atoms with van der Waals surface area (Å²) in [5, 5.41) is 17.8. The van der Waals surface area contributed by atoms with Crippen LogP contribution in [0.15, 0.2) is 29.8 Å². The molecule has 2 aromatic carbocycles. The first-order chi connectivity index (χ1) is 24.1. The van der Waals surface area contributed by atoms with Gasteiger partial charge in [-0.1, -0.05) is 23.8 Å². The molecule has 1 heterocycles. The molecule has 0 fully saturated rings. The first-order valence-electron chi connectivity index (χ1n) is 17.2. The van der Waals surface area contributed by atoms with E-state index in [1.54, 1.807) is 25.8 Å². The number of carbonyl (C=O) groups is 3. The summed E-state index contributed by atoms with van der Waals surface area (Å²) in [5.74, 6) is 0.897. The van der Waals surface area contributed by atoms with Crippen LogP contribution < -0.4 is 24.4 Å². The quantitative estimate of drug-likeness (QED) is 0.0843. The minimum absolute atomic E-state index is 0.0955. The van der Waals surface area contributed by atoms with Gasteiger partial charge in [-0.15, -0.1) is 0 Å². The van der Waals surface area contributed by atoms with E-state index < -0.39 is 35.6 Å². The number of carbonyl (C=O) groups excluding carboxylic acids is 3. The molecule has 0 spiro atoms. The molecule has 12 heteroatoms. The fraction of sp³-hybridized carbons (Fsp3) is 0.564. The maximum Gasteiger partial charge on any atom is 0.269 e. The molecule has 12 nitrogen and oxygen atoms in total. The average Bonchev–Trinajstić information content (AvgIpc) is 3.10. The number of ether oxygens (including phenoxy) is 6. The second-order valence-electron chi connectivity index (χ2n) is 14.1. The largest absolute Gasteiger partial charge is 0.496 e. The number of fused-ring (bicyclic) bond motifs is 1. The van der Waals surface area contributed by atoms with Crippen molar-refractivity contribution in [1.29, 1.82) is 0 Å². The van der Waals surface area contributed by atoms with E-state index in [2.05, 4.69) is 13.0 Å². The number of amides is 1. The highest BCUT2D eigenvalue weighted by Gasteiger charge is 2.35. The lowest BCUT2D eigenvalue weighted by atomic mass is 9.88. The van der Waals surface area contributed by atoms with E-state index in [0.29, 0.717) is 47.6 Å². The van der Waals surface area contributed by atoms with Gasteiger partial charge in [-0.3, -0.25) is 19.6 Å². The number of ketones is 2. The zero-order valence-electron chi connectivity index (χ0n) is 31.5. The Morgan fingerprint density at radius 3 is 2.27 bits per heavy atom. The van der Waals surface area contributed by atoms with E-state index in [1.807, 2.05) is 46.8 Å². The lowest BCUT2D eigenvalue weighted by molar-refractivity contribution is -0.140. The number of aliphatic hydroxyl groups excluding tert-OH is 1. The molecule has 0 saturated heterocycles. The Bertz CT molecular complexity index is 1580. The second kappa shape index (κ2) is 18.5. The smallest absolute Gasteiger partial charge is 0.269 e. The highest BCUT2D eigenvalue weighted by molar-refractivity contribution is 6.03. The molecule has 0 saturated carbocycles. The fourth-order valence-corrected chi connectivity index (χ4v) is 6.21. The SMILES string of the molecule is COc1cc2c(c(OC)c1CCC(C)(C)OCC(=O)CO)C(=O)CC(c1ccc(C)c(OC)c1C/C=C(\C)CCCC(C)(C)OCC(=O)NO)O2. The number of hydroxylamine groups is 1. The first kappa shape index (κ1) is 41.5. The van der Waals surface area contributed by atoms with E-state index in [0.717, 1.165) is 41.7 Å². The van der Waals surface area contributed by atoms with Crippen molar-refractivity contribution in [3.05, 3.63) is 57.7 Å². The molecular formula is C39H55NO11. The molecule has 1 amide bonds. The number of hydrogen-bond donors (Lipinski definition) is 3. The van der Waals surface area contributed by atoms with Gasteiger partial charge < -0.3 is 33.5 Å². The van der Waals surface area contributed by atoms with Gasteiger partial charge in [0, 0.05) is 17.2 Å². The van der Waals surface area contributed by atoms with Crippen molar-refractivity contribution in [2.75, 3.05) is 41.2 Å². The molecule has 282 valence electrons. The predicted molar refractivity (Wildman–Crippen MR) is 191 cm³/mol. The number of nitrogens with one attached hydrogen (secondary N) is 1. The molecule has 1 aliphatic heterocycles. The summed E-state index contributed by atoms with van der Waals surface area (Å²) in [6.45, 7) is 10.6. The van der Waals surface area contributed by atoms with Gasteiger partial charge in [-0.2, -0.15) is 0 Å². The van der Waals surface area contributed by atoms with Crippen molar-refractivity contribution in [1.82, 2.24) is 5.48 Å². The number of benzene rings is 2. The Hall–Kier alpha value is -3.97. The third kappa shape index (κ3) is 11.3. The van der Waals surface area contributed by atoms with E-state index in [9.17, 15) is 14.4 Å². The molecule has 0 bridgehead atoms. The maximum absolute atomic E-state index is 13.9. The van der Waals surface area contributed by atoms with Gasteiger partial charge in [0.25, 0.3) is 5.91 Å². The van der Waals surface area contributed by atoms with Crippen molar-refractivity contribution in [3.8, 4) is 23.0 Å². The van der Waals surface area contributed by atoms with Crippen molar-refractivity contribution >= 4 is 17.5 Å². The molecule has 1 atom stereocenters. The molecule has 3 rings (SSSR count). The number of Topliss-reactive ketones (excluding diaryl/α,β-unsaturated/α-hetero) is 2. The minimum Gasteiger partial charge on any atom is -0.496 e. The van der Waals surface area contributed by atoms with E-state index in [-0.39, 0.29) is 25.4 Å². The molecule has 1 unspecified atom stereocenters. The van der Waals surface area contributed by atoms with Gasteiger partial charge in [-0.05, 0) is 91.2 Å². The van der Waals surface area contributed by atoms with Gasteiger partial charge in [0.1, 0.15) is 54.5 Å². The van der Waals surface area contributed by atoms with Crippen molar-refractivity contribution in [3.63, 3.8) is 0 Å². The summed E-state index contributed by atoms with van der Waals surface area (Å²) < 4.78 is 35.5. The van der Waals surface area contributed by atoms with Crippen LogP contribution in [0.5, 0.6) is 23.0 Å². The number of aliphatic hydroxyl groups is 1. The number of methoxy groups -OCH3 is 3. The molecule has 51 heavy (non-hydrogen) atoms. The molecule has 0 radical (unpaired) electrons. The van der Waals surface area contributed by atoms with Gasteiger partial charge >= 0.3 is 0 Å². The summed E-state index contributed by atoms with van der Waals surface area (Å²) in [4.78, 5) is 36.9. The molecule has 3 N–H and O–H groups in total. The van der Waals surface area contributed by atoms with E-state index in [4.69, 9.17) is 38.7 Å². The van der Waals surface area contributed by atoms with Crippen LogP contribution in [-0.4, -0.2) is 80.1 Å². The van der Waals surface area contributed by atoms with Gasteiger partial charge in [-0.25, -0.2) is 5.48 Å². The Balaban J connectivity index is 1.86. The highest BCUT2D eigenvalue weighted by atomic mass is 16.5. The number of rotatable bonds is 20. The van der Waals surface area contributed by atoms with Gasteiger partial charge in [0.15, 0.2) is 11.6 Å². The zero-order valence-corrected chi connectivity index (χ0v) is 31.5. The summed E-state index contributed by atoms with van der Waals surface area (Å²) in [6.07, 6.45) is 5.55. The molecule has 0 aliphatic carbocycles. The van der Waals surface area contributed by atoms with Crippen LogP contribution in [0, 0.1) is 6.92 Å². The van der Waals surface area contributed by atoms with Crippen molar-refractivity contribution < 1.29 is 53.1 Å². The van der Waals surface area contributed by atoms with Crippen LogP contribution in [0.4, 0.5) is 0 Å². The topological polar surface area (TPSA) is 159 Å². The molecule has 2 aromatic rings. The van der Waals surface area contributed by atoms with Crippen molar-refractivity contribution in [2.45, 2.75) is 104 Å². The lowest BCUT2D eigenvalue weighted by Crippen LogP contribution is -2.32. The molecule has 1 aliphatic rings. The monoisotopic (exact) mass is 713 g/mol. The van der Waals surface area contributed by atoms with Gasteiger partial charge in [0.2, 0.25) is 0 Å². The van der Waals surface area contributed by atoms with E-state index in [1.165, 1.54) is 12.7 Å². The Morgan fingerprint density at radius 2 is 1.65 bits per heavy atom. The minimum atomic E-state index is -0.693. The summed E-state index contributed by atoms with van der Waals surface area (Å²) in [6, 6.07) is 5.70. The van der Waals surface area contributed by atoms with Crippen LogP contribution in [0.25, 0.3) is 0 Å². The Labute approximate surface area is 301 Å². The summed E-state index contributed by atoms with van der Waals surface area (Å²) >= 11 is 0. The lowest BCUT2D eigenvalue weighted by Gasteiger charge is -2.31. The summed E-state index contributed by atoms with van der Waals surface area (Å²) in [5.41, 5.74) is 5.36. The van der Waals surface area contributed by atoms with Crippen molar-refractivity contribution in [2.24, 2.45) is 0 Å². The highest BCUT2D eigenvalue weighted by Crippen LogP contribution is 2.47. The third-order valence-electron chi connectivity index (χ3n) is 9.20. The summed E-state index contributed by atoms with van der Waals surface area (Å²) in [7, 11) is 4.71. The van der Waals surface area contributed by atoms with Crippen LogP contribution in [0.2, 0.25) is 0 Å². The zero-order chi connectivity index (χ0) is 37.9. The predicted octanol–water partition coefficient (Wildman–Crippen LogP) is 5.98. The molecule has 0 aromatic heterocycles. The Morgan fingerprint density at radius 1 is 0.980 bits per heavy atom. The third-order valence-corrected chi connectivity index (χ3v) is 9.20. The van der Waals surface area contributed by atoms with Crippen LogP contribution in [0.3, 0.4) is 0 Å². The van der Waals surface area contributed by atoms with Gasteiger partial charge in [0.05, 0.1) is 39.0 Å². The number of hydrogen-bond acceptors (Lipinski definition) is 11. The van der Waals surface area contributed by atoms with Crippen LogP contribution in [0.1, 0.15) is 105 Å². The first-order valence-corrected chi connectivity index (χ1v) is 17.2. The standard InChI is InChI=1S/C39H55NO11/c1-24(11-10-17-38(3,4)50-23-34(44)40-45)12-14-28-27(15-13-25(2)36(28)47-8)32-19-30(43)35-33(51-32)20-31(46-7)29(37(35)48-9)16-18-39(5,6)49-22-26(42)21-41/h12-13,15,20,32,41,45H,10-11,14,16-19,21-23H2,1-9H3,(H,40,44)/b24-12+. The normalized spacial score (nSPS) is 14.8. The van der Waals surface area contributed by atoms with Crippen LogP contribution in [-0.2, 0) is 31.9 Å². The average molecular weight is 714 g/mol. The Kier molecular flexibility index (Phi) is 15.0. The van der Waals surface area contributed by atoms with E-state index >= 15 is 0 Å². The molecular weight excluding hydrogens is 658 g/mol. The second-order valence-corrected chi connectivity index (χ2v) is 14.1. The number of allylic oxidation sites excluding steroid dienone is 2. The maximum atomic E-state index is 13.9.